The standard InChI is InChI=1S/C24H37N3O5S.C5H8O.CH2O2/c1-24(2,23(28)31-15-12-26-10-13-30-14-11-26)18-32-33-27-17-19(8-9-25(3)4)21-16-20(29-5)6-7-22(21)27;1-4-5(2)6-3;2-1-3/h6-7,16-17H,8-15,18H2,1-5H3;4H,1-2H2,3H3;1H,(H,2,3). The Kier molecular flexibility index (Phi) is 17.6. The molecule has 1 aromatic carbocycles. The van der Waals surface area contributed by atoms with Crippen LogP contribution in [0.5, 0.6) is 5.75 Å². The number of morpholine rings is 1. The van der Waals surface area contributed by atoms with E-state index < -0.39 is 5.41 Å². The summed E-state index contributed by atoms with van der Waals surface area (Å²) in [5, 5.41) is 8.04. The van der Waals surface area contributed by atoms with E-state index in [-0.39, 0.29) is 19.0 Å². The van der Waals surface area contributed by atoms with Crippen LogP contribution in [0.15, 0.2) is 49.4 Å². The zero-order chi connectivity index (χ0) is 31.5. The van der Waals surface area contributed by atoms with E-state index in [1.807, 2.05) is 30.0 Å². The van der Waals surface area contributed by atoms with E-state index in [0.29, 0.717) is 12.4 Å². The van der Waals surface area contributed by atoms with Gasteiger partial charge >= 0.3 is 5.97 Å². The minimum Gasteiger partial charge on any atom is -0.497 e. The maximum absolute atomic E-state index is 12.6. The van der Waals surface area contributed by atoms with Gasteiger partial charge in [-0.15, -0.1) is 0 Å². The largest absolute Gasteiger partial charge is 0.497 e. The molecule has 0 aliphatic carbocycles. The first kappa shape index (κ1) is 37.0. The number of likely N-dealkylation sites (N-methyl/N-ethyl adjacent to an activating group) is 1. The average molecular weight is 610 g/mol. The molecule has 0 amide bonds. The van der Waals surface area contributed by atoms with E-state index in [1.54, 1.807) is 20.3 Å². The number of esters is 1. The van der Waals surface area contributed by atoms with Gasteiger partial charge in [0.05, 0.1) is 45.0 Å². The highest BCUT2D eigenvalue weighted by molar-refractivity contribution is 7.93. The van der Waals surface area contributed by atoms with Gasteiger partial charge in [0.1, 0.15) is 30.3 Å². The lowest BCUT2D eigenvalue weighted by Gasteiger charge is -2.27. The Morgan fingerprint density at radius 2 is 1.90 bits per heavy atom. The molecule has 1 fully saturated rings. The number of hydrogen-bond donors (Lipinski definition) is 1. The number of allylic oxidation sites excluding steroid dienone is 1. The van der Waals surface area contributed by atoms with Gasteiger partial charge in [-0.2, -0.15) is 0 Å². The second-order valence-corrected chi connectivity index (χ2v) is 11.0. The highest BCUT2D eigenvalue weighted by Gasteiger charge is 2.30. The lowest BCUT2D eigenvalue weighted by atomic mass is 9.95. The highest BCUT2D eigenvalue weighted by atomic mass is 32.2. The molecule has 1 aromatic heterocycles. The summed E-state index contributed by atoms with van der Waals surface area (Å²) in [4.78, 5) is 25.4. The van der Waals surface area contributed by atoms with E-state index >= 15 is 0 Å². The maximum atomic E-state index is 12.6. The summed E-state index contributed by atoms with van der Waals surface area (Å²) in [5.74, 6) is 1.19. The van der Waals surface area contributed by atoms with Crippen molar-refractivity contribution in [2.45, 2.75) is 20.3 Å². The number of rotatable bonds is 14. The molecule has 1 aliphatic heterocycles. The fourth-order valence-corrected chi connectivity index (χ4v) is 4.51. The summed E-state index contributed by atoms with van der Waals surface area (Å²) in [7, 11) is 7.38. The monoisotopic (exact) mass is 609 g/mol. The summed E-state index contributed by atoms with van der Waals surface area (Å²) in [6.45, 7) is 15.9. The summed E-state index contributed by atoms with van der Waals surface area (Å²) in [6.07, 6.45) is 4.58. The number of aromatic nitrogens is 1. The van der Waals surface area contributed by atoms with Gasteiger partial charge in [-0.1, -0.05) is 13.2 Å². The molecule has 0 atom stereocenters. The number of methoxy groups -OCH3 is 2. The van der Waals surface area contributed by atoms with Crippen molar-refractivity contribution >= 4 is 35.6 Å². The van der Waals surface area contributed by atoms with Gasteiger partial charge in [0, 0.05) is 37.8 Å². The van der Waals surface area contributed by atoms with Crippen LogP contribution in [0.25, 0.3) is 10.9 Å². The lowest BCUT2D eigenvalue weighted by molar-refractivity contribution is -0.156. The van der Waals surface area contributed by atoms with Gasteiger partial charge in [0.15, 0.2) is 0 Å². The SMILES string of the molecule is C=CC(=C)OC.COc1ccc2c(c1)c(CCN(C)C)cn2SOCC(C)(C)C(=O)OCCN1CCOCC1.O=CO. The fourth-order valence-electron chi connectivity index (χ4n) is 3.64. The molecular formula is C30H47N3O8S. The first-order valence-corrected chi connectivity index (χ1v) is 14.3. The van der Waals surface area contributed by atoms with Gasteiger partial charge in [0.25, 0.3) is 6.47 Å². The number of fused-ring (bicyclic) bond motifs is 1. The van der Waals surface area contributed by atoms with E-state index in [9.17, 15) is 4.79 Å². The fraction of sp³-hybridized carbons (Fsp3) is 0.533. The normalized spacial score (nSPS) is 13.3. The predicted molar refractivity (Wildman–Crippen MR) is 167 cm³/mol. The van der Waals surface area contributed by atoms with Crippen LogP contribution >= 0.6 is 12.2 Å². The molecule has 0 unspecified atom stereocenters. The number of carbonyl (C=O) groups excluding carboxylic acids is 1. The zero-order valence-electron chi connectivity index (χ0n) is 25.8. The average Bonchev–Trinajstić information content (AvgIpc) is 3.33. The third-order valence-electron chi connectivity index (χ3n) is 6.23. The van der Waals surface area contributed by atoms with Crippen LogP contribution in [0.4, 0.5) is 0 Å². The molecule has 3 rings (SSSR count). The van der Waals surface area contributed by atoms with Crippen molar-refractivity contribution in [3.8, 4) is 5.75 Å². The van der Waals surface area contributed by atoms with Gasteiger partial charge in [-0.3, -0.25) is 22.6 Å². The van der Waals surface area contributed by atoms with Gasteiger partial charge in [0.2, 0.25) is 0 Å². The Balaban J connectivity index is 0.000000857. The Labute approximate surface area is 254 Å². The number of nitrogens with zero attached hydrogens (tertiary/aromatic N) is 3. The third-order valence-corrected chi connectivity index (χ3v) is 6.91. The Hall–Kier alpha value is -3.03. The minimum absolute atomic E-state index is 0.245. The van der Waals surface area contributed by atoms with Crippen molar-refractivity contribution in [3.63, 3.8) is 0 Å². The molecule has 42 heavy (non-hydrogen) atoms. The van der Waals surface area contributed by atoms with Crippen molar-refractivity contribution in [1.29, 1.82) is 0 Å². The van der Waals surface area contributed by atoms with Crippen molar-refractivity contribution in [2.24, 2.45) is 5.41 Å². The summed E-state index contributed by atoms with van der Waals surface area (Å²) < 4.78 is 28.8. The van der Waals surface area contributed by atoms with Gasteiger partial charge in [-0.05, 0) is 64.2 Å². The number of hydrogen-bond acceptors (Lipinski definition) is 10. The number of carbonyl (C=O) groups is 2. The Bertz CT molecular complexity index is 1110. The molecule has 12 heteroatoms. The van der Waals surface area contributed by atoms with Crippen LogP contribution in [-0.4, -0.2) is 112 Å². The van der Waals surface area contributed by atoms with Crippen molar-refractivity contribution in [1.82, 2.24) is 13.8 Å². The quantitative estimate of drug-likeness (QED) is 0.110. The molecule has 0 bridgehead atoms. The first-order chi connectivity index (χ1) is 20.0. The van der Waals surface area contributed by atoms with E-state index in [0.717, 1.165) is 62.5 Å². The van der Waals surface area contributed by atoms with Gasteiger partial charge in [-0.25, -0.2) is 0 Å². The Morgan fingerprint density at radius 1 is 1.24 bits per heavy atom. The molecule has 11 nitrogen and oxygen atoms in total. The van der Waals surface area contributed by atoms with Crippen molar-refractivity contribution < 1.29 is 37.8 Å². The van der Waals surface area contributed by atoms with Crippen LogP contribution in [0.2, 0.25) is 0 Å². The lowest BCUT2D eigenvalue weighted by Crippen LogP contribution is -2.39. The summed E-state index contributed by atoms with van der Waals surface area (Å²) in [6, 6.07) is 6.05. The summed E-state index contributed by atoms with van der Waals surface area (Å²) in [5.41, 5.74) is 1.55. The topological polar surface area (TPSA) is 112 Å². The molecule has 1 aliphatic rings. The summed E-state index contributed by atoms with van der Waals surface area (Å²) >= 11 is 1.24. The molecule has 236 valence electrons. The minimum atomic E-state index is -0.738. The second-order valence-electron chi connectivity index (χ2n) is 10.2. The van der Waals surface area contributed by atoms with Crippen LogP contribution in [0.1, 0.15) is 19.4 Å². The highest BCUT2D eigenvalue weighted by Crippen LogP contribution is 2.31. The van der Waals surface area contributed by atoms with Crippen LogP contribution in [0, 0.1) is 5.41 Å². The van der Waals surface area contributed by atoms with Gasteiger partial charge < -0.3 is 29.0 Å². The first-order valence-electron chi connectivity index (χ1n) is 13.6. The van der Waals surface area contributed by atoms with Crippen molar-refractivity contribution in [2.75, 3.05) is 80.9 Å². The third kappa shape index (κ3) is 13.3. The molecule has 2 heterocycles. The molecule has 0 saturated carbocycles. The van der Waals surface area contributed by atoms with Crippen LogP contribution in [-0.2, 0) is 34.4 Å². The number of carboxylic acid groups (broad SMARTS) is 1. The molecule has 0 spiro atoms. The second kappa shape index (κ2) is 20.0. The van der Waals surface area contributed by atoms with E-state index in [2.05, 4.69) is 54.1 Å². The number of benzene rings is 1. The maximum Gasteiger partial charge on any atom is 0.313 e. The van der Waals surface area contributed by atoms with E-state index in [1.165, 1.54) is 17.8 Å². The molecule has 0 radical (unpaired) electrons. The van der Waals surface area contributed by atoms with Crippen molar-refractivity contribution in [3.05, 3.63) is 55.0 Å². The molecule has 1 N–H and O–H groups in total. The smallest absolute Gasteiger partial charge is 0.313 e. The molecule has 1 saturated heterocycles. The predicted octanol–water partition coefficient (Wildman–Crippen LogP) is 4.12. The Morgan fingerprint density at radius 3 is 2.45 bits per heavy atom. The van der Waals surface area contributed by atoms with E-state index in [4.69, 9.17) is 28.3 Å². The van der Waals surface area contributed by atoms with Crippen LogP contribution < -0.4 is 4.74 Å². The van der Waals surface area contributed by atoms with Crippen LogP contribution in [0.3, 0.4) is 0 Å². The molecule has 2 aromatic rings. The zero-order valence-corrected chi connectivity index (χ0v) is 26.6. The number of ether oxygens (including phenoxy) is 4. The molecular weight excluding hydrogens is 562 g/mol.